The van der Waals surface area contributed by atoms with Crippen LogP contribution in [0.1, 0.15) is 45.4 Å². The summed E-state index contributed by atoms with van der Waals surface area (Å²) in [4.78, 5) is 22.9. The Morgan fingerprint density at radius 3 is 2.29 bits per heavy atom. The van der Waals surface area contributed by atoms with Crippen molar-refractivity contribution in [2.45, 2.75) is 57.5 Å². The molecule has 1 heterocycles. The van der Waals surface area contributed by atoms with Crippen LogP contribution in [0.3, 0.4) is 0 Å². The normalized spacial score (nSPS) is 28.6. The first-order chi connectivity index (χ1) is 10.1. The minimum absolute atomic E-state index is 0.0995. The van der Waals surface area contributed by atoms with Crippen molar-refractivity contribution >= 4 is 12.0 Å². The van der Waals surface area contributed by atoms with Crippen LogP contribution in [0.4, 0.5) is 4.79 Å². The molecule has 1 aliphatic carbocycles. The van der Waals surface area contributed by atoms with E-state index in [0.29, 0.717) is 18.8 Å². The van der Waals surface area contributed by atoms with Gasteiger partial charge in [-0.1, -0.05) is 0 Å². The quantitative estimate of drug-likeness (QED) is 0.738. The lowest BCUT2D eigenvalue weighted by atomic mass is 9.86. The largest absolute Gasteiger partial charge is 0.481 e. The Bertz CT molecular complexity index is 361. The van der Waals surface area contributed by atoms with Crippen molar-refractivity contribution < 1.29 is 19.4 Å². The zero-order chi connectivity index (χ0) is 15.2. The molecule has 0 aromatic rings. The fourth-order valence-corrected chi connectivity index (χ4v) is 3.25. The molecule has 0 radical (unpaired) electrons. The number of carbonyl (C=O) groups excluding carboxylic acids is 1. The highest BCUT2D eigenvalue weighted by molar-refractivity contribution is 5.74. The second-order valence-electron chi connectivity index (χ2n) is 6.24. The van der Waals surface area contributed by atoms with Crippen LogP contribution in [0.5, 0.6) is 0 Å². The van der Waals surface area contributed by atoms with Crippen molar-refractivity contribution in [3.05, 3.63) is 0 Å². The van der Waals surface area contributed by atoms with Gasteiger partial charge in [0.1, 0.15) is 0 Å². The first kappa shape index (κ1) is 16.1. The van der Waals surface area contributed by atoms with Crippen molar-refractivity contribution in [1.82, 2.24) is 10.6 Å². The highest BCUT2D eigenvalue weighted by Gasteiger charge is 2.27. The third-order valence-electron chi connectivity index (χ3n) is 4.74. The Labute approximate surface area is 125 Å². The number of hydrogen-bond donors (Lipinski definition) is 3. The van der Waals surface area contributed by atoms with E-state index in [1.54, 1.807) is 0 Å². The van der Waals surface area contributed by atoms with E-state index in [-0.39, 0.29) is 24.0 Å². The topological polar surface area (TPSA) is 87.7 Å². The lowest BCUT2D eigenvalue weighted by Gasteiger charge is -2.30. The lowest BCUT2D eigenvalue weighted by Crippen LogP contribution is -2.49. The van der Waals surface area contributed by atoms with Crippen molar-refractivity contribution in [3.8, 4) is 0 Å². The van der Waals surface area contributed by atoms with E-state index >= 15 is 0 Å². The predicted octanol–water partition coefficient (Wildman–Crippen LogP) is 1.74. The van der Waals surface area contributed by atoms with Gasteiger partial charge in [-0.15, -0.1) is 0 Å². The van der Waals surface area contributed by atoms with Gasteiger partial charge in [0, 0.05) is 25.3 Å². The van der Waals surface area contributed by atoms with Gasteiger partial charge in [0.25, 0.3) is 0 Å². The van der Waals surface area contributed by atoms with Gasteiger partial charge in [-0.25, -0.2) is 4.79 Å². The van der Waals surface area contributed by atoms with E-state index in [2.05, 4.69) is 10.6 Å². The third-order valence-corrected chi connectivity index (χ3v) is 4.74. The Morgan fingerprint density at radius 2 is 1.71 bits per heavy atom. The number of nitrogens with one attached hydrogen (secondary N) is 2. The summed E-state index contributed by atoms with van der Waals surface area (Å²) in [7, 11) is 0. The number of aliphatic carboxylic acids is 1. The molecular weight excluding hydrogens is 272 g/mol. The lowest BCUT2D eigenvalue weighted by molar-refractivity contribution is -0.142. The van der Waals surface area contributed by atoms with Crippen LogP contribution in [0.2, 0.25) is 0 Å². The molecule has 1 atom stereocenters. The maximum absolute atomic E-state index is 12.0. The van der Waals surface area contributed by atoms with Gasteiger partial charge < -0.3 is 20.5 Å². The molecule has 2 rings (SSSR count). The van der Waals surface area contributed by atoms with E-state index < -0.39 is 5.97 Å². The van der Waals surface area contributed by atoms with Crippen LogP contribution < -0.4 is 10.6 Å². The minimum Gasteiger partial charge on any atom is -0.481 e. The third kappa shape index (κ3) is 4.88. The molecule has 1 unspecified atom stereocenters. The molecule has 2 aliphatic rings. The second-order valence-corrected chi connectivity index (χ2v) is 6.24. The van der Waals surface area contributed by atoms with Gasteiger partial charge in [-0.05, 0) is 51.4 Å². The highest BCUT2D eigenvalue weighted by atomic mass is 16.5. The highest BCUT2D eigenvalue weighted by Crippen LogP contribution is 2.24. The van der Waals surface area contributed by atoms with E-state index in [9.17, 15) is 9.59 Å². The molecule has 0 aromatic heterocycles. The van der Waals surface area contributed by atoms with E-state index in [4.69, 9.17) is 9.84 Å². The van der Waals surface area contributed by atoms with Gasteiger partial charge in [-0.3, -0.25) is 4.79 Å². The van der Waals surface area contributed by atoms with Crippen LogP contribution in [0, 0.1) is 11.8 Å². The zero-order valence-electron chi connectivity index (χ0n) is 12.6. The van der Waals surface area contributed by atoms with Gasteiger partial charge in [0.05, 0.1) is 5.92 Å². The Hall–Kier alpha value is -1.30. The summed E-state index contributed by atoms with van der Waals surface area (Å²) in [6.07, 6.45) is 4.77. The van der Waals surface area contributed by atoms with Crippen LogP contribution in [0.25, 0.3) is 0 Å². The molecule has 1 saturated carbocycles. The fourth-order valence-electron chi connectivity index (χ4n) is 3.25. The monoisotopic (exact) mass is 298 g/mol. The van der Waals surface area contributed by atoms with E-state index in [0.717, 1.165) is 38.9 Å². The van der Waals surface area contributed by atoms with Gasteiger partial charge in [-0.2, -0.15) is 0 Å². The summed E-state index contributed by atoms with van der Waals surface area (Å²) in [5.74, 6) is -0.481. The number of hydrogen-bond acceptors (Lipinski definition) is 3. The SMILES string of the molecule is CC(NC(=O)NC1CCC(C(=O)O)CC1)C1CCOCC1. The van der Waals surface area contributed by atoms with Gasteiger partial charge in [0.15, 0.2) is 0 Å². The van der Waals surface area contributed by atoms with Crippen LogP contribution >= 0.6 is 0 Å². The molecule has 21 heavy (non-hydrogen) atoms. The number of rotatable bonds is 4. The maximum Gasteiger partial charge on any atom is 0.315 e. The first-order valence-corrected chi connectivity index (χ1v) is 7.94. The molecule has 1 aliphatic heterocycles. The van der Waals surface area contributed by atoms with Crippen molar-refractivity contribution in [3.63, 3.8) is 0 Å². The molecule has 0 aromatic carbocycles. The van der Waals surface area contributed by atoms with Crippen LogP contribution in [0.15, 0.2) is 0 Å². The average molecular weight is 298 g/mol. The summed E-state index contributed by atoms with van der Waals surface area (Å²) in [6, 6.07) is 0.111. The molecule has 6 heteroatoms. The summed E-state index contributed by atoms with van der Waals surface area (Å²) >= 11 is 0. The maximum atomic E-state index is 12.0. The summed E-state index contributed by atoms with van der Waals surface area (Å²) in [5.41, 5.74) is 0. The van der Waals surface area contributed by atoms with Crippen molar-refractivity contribution in [2.75, 3.05) is 13.2 Å². The molecule has 2 amide bonds. The minimum atomic E-state index is -0.717. The smallest absolute Gasteiger partial charge is 0.315 e. The summed E-state index contributed by atoms with van der Waals surface area (Å²) in [6.45, 7) is 3.59. The molecule has 3 N–H and O–H groups in total. The number of carboxylic acid groups (broad SMARTS) is 1. The molecular formula is C15H26N2O4. The number of carbonyl (C=O) groups is 2. The number of urea groups is 1. The average Bonchev–Trinajstić information content (AvgIpc) is 2.48. The Morgan fingerprint density at radius 1 is 1.10 bits per heavy atom. The molecule has 1 saturated heterocycles. The molecule has 6 nitrogen and oxygen atoms in total. The predicted molar refractivity (Wildman–Crippen MR) is 78.1 cm³/mol. The van der Waals surface area contributed by atoms with Gasteiger partial charge in [0.2, 0.25) is 0 Å². The van der Waals surface area contributed by atoms with Crippen LogP contribution in [-0.2, 0) is 9.53 Å². The standard InChI is InChI=1S/C15H26N2O4/c1-10(11-6-8-21-9-7-11)16-15(20)17-13-4-2-12(3-5-13)14(18)19/h10-13H,2-9H2,1H3,(H,18,19)(H2,16,17,20). The number of ether oxygens (including phenoxy) is 1. The van der Waals surface area contributed by atoms with Crippen molar-refractivity contribution in [1.29, 1.82) is 0 Å². The molecule has 0 spiro atoms. The van der Waals surface area contributed by atoms with E-state index in [1.165, 1.54) is 0 Å². The Balaban J connectivity index is 1.68. The molecule has 120 valence electrons. The second kappa shape index (κ2) is 7.64. The van der Waals surface area contributed by atoms with Crippen LogP contribution in [-0.4, -0.2) is 42.4 Å². The molecule has 0 bridgehead atoms. The fraction of sp³-hybridized carbons (Fsp3) is 0.867. The molecule has 2 fully saturated rings. The Kier molecular flexibility index (Phi) is 5.85. The van der Waals surface area contributed by atoms with Gasteiger partial charge >= 0.3 is 12.0 Å². The summed E-state index contributed by atoms with van der Waals surface area (Å²) < 4.78 is 5.33. The number of carboxylic acids is 1. The van der Waals surface area contributed by atoms with Crippen molar-refractivity contribution in [2.24, 2.45) is 11.8 Å². The van der Waals surface area contributed by atoms with E-state index in [1.807, 2.05) is 6.92 Å². The zero-order valence-corrected chi connectivity index (χ0v) is 12.6. The first-order valence-electron chi connectivity index (χ1n) is 7.94. The number of amides is 2. The summed E-state index contributed by atoms with van der Waals surface area (Å²) in [5, 5.41) is 14.9.